The first-order chi connectivity index (χ1) is 14.4. The van der Waals surface area contributed by atoms with E-state index in [0.29, 0.717) is 11.3 Å². The molecular weight excluding hydrogens is 386 g/mol. The van der Waals surface area contributed by atoms with Crippen LogP contribution in [0.3, 0.4) is 0 Å². The number of rotatable bonds is 5. The van der Waals surface area contributed by atoms with Crippen LogP contribution in [0.4, 0.5) is 14.6 Å². The molecule has 4 rings (SSSR count). The molecule has 0 saturated carbocycles. The molecule has 0 atom stereocenters. The number of nitrogens with zero attached hydrogens (tertiary/aromatic N) is 2. The number of carboxylic acids is 1. The molecule has 4 aromatic rings. The third kappa shape index (κ3) is 3.98. The molecule has 30 heavy (non-hydrogen) atoms. The Labute approximate surface area is 172 Å². The van der Waals surface area contributed by atoms with Crippen molar-refractivity contribution in [2.24, 2.45) is 0 Å². The average molecular weight is 404 g/mol. The third-order valence-electron chi connectivity index (χ3n) is 4.89. The smallest absolute Gasteiger partial charge is 0.323 e. The van der Waals surface area contributed by atoms with E-state index in [1.807, 2.05) is 18.2 Å². The lowest BCUT2D eigenvalue weighted by Crippen LogP contribution is -2.25. The van der Waals surface area contributed by atoms with Crippen LogP contribution in [0.5, 0.6) is 0 Å². The molecule has 150 valence electrons. The zero-order valence-electron chi connectivity index (χ0n) is 16.1. The number of benzene rings is 3. The highest BCUT2D eigenvalue weighted by Gasteiger charge is 2.14. The van der Waals surface area contributed by atoms with Gasteiger partial charge in [0.2, 0.25) is 0 Å². The summed E-state index contributed by atoms with van der Waals surface area (Å²) in [7, 11) is 1.66. The Morgan fingerprint density at radius 2 is 1.43 bits per heavy atom. The zero-order chi connectivity index (χ0) is 21.3. The molecule has 0 amide bonds. The van der Waals surface area contributed by atoms with Crippen LogP contribution in [0.2, 0.25) is 0 Å². The van der Waals surface area contributed by atoms with Crippen LogP contribution < -0.4 is 4.90 Å². The highest BCUT2D eigenvalue weighted by atomic mass is 19.1. The second-order valence-corrected chi connectivity index (χ2v) is 7.02. The topological polar surface area (TPSA) is 53.4 Å². The number of pyridine rings is 1. The second kappa shape index (κ2) is 7.91. The van der Waals surface area contributed by atoms with Crippen molar-refractivity contribution >= 4 is 22.7 Å². The minimum absolute atomic E-state index is 0.199. The molecule has 0 bridgehead atoms. The summed E-state index contributed by atoms with van der Waals surface area (Å²) in [5.74, 6) is -1.11. The number of aromatic nitrogens is 1. The summed E-state index contributed by atoms with van der Waals surface area (Å²) >= 11 is 0. The van der Waals surface area contributed by atoms with Crippen LogP contribution >= 0.6 is 0 Å². The van der Waals surface area contributed by atoms with Gasteiger partial charge < -0.3 is 10.0 Å². The van der Waals surface area contributed by atoms with Gasteiger partial charge in [-0.25, -0.2) is 13.8 Å². The van der Waals surface area contributed by atoms with E-state index in [1.165, 1.54) is 24.3 Å². The minimum Gasteiger partial charge on any atom is -0.480 e. The van der Waals surface area contributed by atoms with Crippen LogP contribution in [0.1, 0.15) is 0 Å². The van der Waals surface area contributed by atoms with Gasteiger partial charge in [-0.3, -0.25) is 4.79 Å². The van der Waals surface area contributed by atoms with Crippen LogP contribution in [-0.4, -0.2) is 29.7 Å². The Kier molecular flexibility index (Phi) is 5.14. The van der Waals surface area contributed by atoms with Gasteiger partial charge in [-0.05, 0) is 64.7 Å². The zero-order valence-corrected chi connectivity index (χ0v) is 16.1. The number of hydrogen-bond acceptors (Lipinski definition) is 3. The summed E-state index contributed by atoms with van der Waals surface area (Å²) in [4.78, 5) is 17.3. The van der Waals surface area contributed by atoms with E-state index in [1.54, 1.807) is 42.3 Å². The molecule has 1 aromatic heterocycles. The van der Waals surface area contributed by atoms with Gasteiger partial charge in [0.25, 0.3) is 0 Å². The molecule has 3 aromatic carbocycles. The first-order valence-electron chi connectivity index (χ1n) is 9.30. The van der Waals surface area contributed by atoms with Crippen molar-refractivity contribution in [3.05, 3.63) is 84.4 Å². The van der Waals surface area contributed by atoms with Crippen molar-refractivity contribution in [1.29, 1.82) is 0 Å². The van der Waals surface area contributed by atoms with E-state index in [9.17, 15) is 13.6 Å². The van der Waals surface area contributed by atoms with E-state index in [-0.39, 0.29) is 18.2 Å². The quantitative estimate of drug-likeness (QED) is 0.486. The van der Waals surface area contributed by atoms with Gasteiger partial charge in [0.1, 0.15) is 24.0 Å². The van der Waals surface area contributed by atoms with Gasteiger partial charge >= 0.3 is 5.97 Å². The van der Waals surface area contributed by atoms with Crippen molar-refractivity contribution in [1.82, 2.24) is 4.98 Å². The Hall–Kier alpha value is -3.80. The molecule has 0 saturated heterocycles. The van der Waals surface area contributed by atoms with E-state index < -0.39 is 5.97 Å². The Bertz CT molecular complexity index is 1220. The normalized spacial score (nSPS) is 10.9. The average Bonchev–Trinajstić information content (AvgIpc) is 2.73. The van der Waals surface area contributed by atoms with Crippen molar-refractivity contribution in [2.45, 2.75) is 0 Å². The number of anilines is 1. The molecule has 0 radical (unpaired) electrons. The molecule has 0 aliphatic carbocycles. The summed E-state index contributed by atoms with van der Waals surface area (Å²) in [5, 5.41) is 9.95. The van der Waals surface area contributed by atoms with E-state index in [4.69, 9.17) is 5.11 Å². The van der Waals surface area contributed by atoms with E-state index in [2.05, 4.69) is 4.98 Å². The first-order valence-corrected chi connectivity index (χ1v) is 9.30. The van der Waals surface area contributed by atoms with Crippen molar-refractivity contribution in [2.75, 3.05) is 18.5 Å². The van der Waals surface area contributed by atoms with Gasteiger partial charge in [-0.15, -0.1) is 0 Å². The monoisotopic (exact) mass is 404 g/mol. The predicted molar refractivity (Wildman–Crippen MR) is 113 cm³/mol. The number of fused-ring (bicyclic) bond motifs is 1. The number of likely N-dealkylation sites (N-methyl/N-ethyl adjacent to an activating group) is 1. The summed E-state index contributed by atoms with van der Waals surface area (Å²) in [6.07, 6.45) is 0. The third-order valence-corrected chi connectivity index (χ3v) is 4.89. The molecular formula is C24H18F2N2O2. The fraction of sp³-hybridized carbons (Fsp3) is 0.0833. The van der Waals surface area contributed by atoms with Crippen LogP contribution in [0, 0.1) is 11.6 Å². The van der Waals surface area contributed by atoms with Crippen molar-refractivity contribution in [3.8, 4) is 22.3 Å². The maximum absolute atomic E-state index is 13.5. The number of carbonyl (C=O) groups is 1. The lowest BCUT2D eigenvalue weighted by molar-refractivity contribution is -0.135. The second-order valence-electron chi connectivity index (χ2n) is 7.02. The Morgan fingerprint density at radius 3 is 2.03 bits per heavy atom. The molecule has 0 spiro atoms. The molecule has 0 aliphatic rings. The number of carboxylic acid groups (broad SMARTS) is 1. The minimum atomic E-state index is -0.964. The summed E-state index contributed by atoms with van der Waals surface area (Å²) in [5.41, 5.74) is 4.01. The van der Waals surface area contributed by atoms with Gasteiger partial charge in [-0.1, -0.05) is 30.3 Å². The van der Waals surface area contributed by atoms with Crippen LogP contribution in [0.25, 0.3) is 33.2 Å². The summed E-state index contributed by atoms with van der Waals surface area (Å²) < 4.78 is 26.8. The highest BCUT2D eigenvalue weighted by Crippen LogP contribution is 2.34. The van der Waals surface area contributed by atoms with Gasteiger partial charge in [0, 0.05) is 12.4 Å². The van der Waals surface area contributed by atoms with E-state index >= 15 is 0 Å². The summed E-state index contributed by atoms with van der Waals surface area (Å²) in [6, 6.07) is 19.8. The standard InChI is InChI=1S/C24H18F2N2O2/c1-28(14-24(29)30)23-13-20(16-4-9-19(26)10-5-16)21-12-17(6-11-22(21)27-23)15-2-7-18(25)8-3-15/h2-13H,14H2,1H3,(H,29,30). The lowest BCUT2D eigenvalue weighted by atomic mass is 9.97. The first kappa shape index (κ1) is 19.5. The molecule has 6 heteroatoms. The van der Waals surface area contributed by atoms with Gasteiger partial charge in [-0.2, -0.15) is 0 Å². The fourth-order valence-electron chi connectivity index (χ4n) is 3.38. The molecule has 0 aliphatic heterocycles. The van der Waals surface area contributed by atoms with Gasteiger partial charge in [0.15, 0.2) is 0 Å². The number of hydrogen-bond donors (Lipinski definition) is 1. The number of aliphatic carboxylic acids is 1. The maximum Gasteiger partial charge on any atom is 0.323 e. The predicted octanol–water partition coefficient (Wildman–Crippen LogP) is 5.37. The van der Waals surface area contributed by atoms with Crippen molar-refractivity contribution in [3.63, 3.8) is 0 Å². The van der Waals surface area contributed by atoms with E-state index in [0.717, 1.165) is 27.6 Å². The molecule has 0 unspecified atom stereocenters. The lowest BCUT2D eigenvalue weighted by Gasteiger charge is -2.19. The van der Waals surface area contributed by atoms with Crippen molar-refractivity contribution < 1.29 is 18.7 Å². The molecule has 4 nitrogen and oxygen atoms in total. The largest absolute Gasteiger partial charge is 0.480 e. The fourth-order valence-corrected chi connectivity index (χ4v) is 3.38. The van der Waals surface area contributed by atoms with Crippen LogP contribution in [0.15, 0.2) is 72.8 Å². The van der Waals surface area contributed by atoms with Gasteiger partial charge in [0.05, 0.1) is 5.52 Å². The maximum atomic E-state index is 13.5. The van der Waals surface area contributed by atoms with Crippen LogP contribution in [-0.2, 0) is 4.79 Å². The molecule has 0 fully saturated rings. The molecule has 1 heterocycles. The highest BCUT2D eigenvalue weighted by molar-refractivity contribution is 5.98. The Morgan fingerprint density at radius 1 is 0.867 bits per heavy atom. The number of halogens is 2. The Balaban J connectivity index is 1.91. The SMILES string of the molecule is CN(CC(=O)O)c1cc(-c2ccc(F)cc2)c2cc(-c3ccc(F)cc3)ccc2n1. The molecule has 1 N–H and O–H groups in total. The summed E-state index contributed by atoms with van der Waals surface area (Å²) in [6.45, 7) is -0.199.